The average Bonchev–Trinajstić information content (AvgIpc) is 2.78. The van der Waals surface area contributed by atoms with E-state index in [1.807, 2.05) is 36.4 Å². The van der Waals surface area contributed by atoms with Crippen LogP contribution in [-0.2, 0) is 11.2 Å². The van der Waals surface area contributed by atoms with Gasteiger partial charge in [-0.2, -0.15) is 0 Å². The molecule has 0 fully saturated rings. The van der Waals surface area contributed by atoms with Gasteiger partial charge in [-0.1, -0.05) is 60.4 Å². The molecule has 0 heterocycles. The first-order chi connectivity index (χ1) is 14.2. The Morgan fingerprint density at radius 2 is 1.72 bits per heavy atom. The van der Waals surface area contributed by atoms with Crippen molar-refractivity contribution in [2.45, 2.75) is 6.42 Å². The van der Waals surface area contributed by atoms with Crippen molar-refractivity contribution in [3.05, 3.63) is 101 Å². The molecule has 0 amide bonds. The van der Waals surface area contributed by atoms with Gasteiger partial charge in [0.2, 0.25) is 0 Å². The lowest BCUT2D eigenvalue weighted by molar-refractivity contribution is 0.0600. The predicted octanol–water partition coefficient (Wildman–Crippen LogP) is 4.74. The second-order valence-electron chi connectivity index (χ2n) is 6.43. The first-order valence-electron chi connectivity index (χ1n) is 9.37. The van der Waals surface area contributed by atoms with E-state index in [1.165, 1.54) is 7.11 Å². The third-order valence-electron chi connectivity index (χ3n) is 4.49. The minimum Gasteiger partial charge on any atom is -0.465 e. The molecule has 0 saturated heterocycles. The van der Waals surface area contributed by atoms with E-state index in [0.29, 0.717) is 12.0 Å². The van der Waals surface area contributed by atoms with Crippen molar-refractivity contribution in [3.63, 3.8) is 0 Å². The Kier molecular flexibility index (Phi) is 7.00. The average molecular weight is 382 g/mol. The molecule has 3 heteroatoms. The van der Waals surface area contributed by atoms with E-state index in [2.05, 4.69) is 36.1 Å². The van der Waals surface area contributed by atoms with Crippen LogP contribution in [0.25, 0.3) is 17.2 Å². The molecule has 144 valence electrons. The van der Waals surface area contributed by atoms with Gasteiger partial charge in [-0.25, -0.2) is 4.79 Å². The van der Waals surface area contributed by atoms with Crippen LogP contribution < -0.4 is 0 Å². The Hall–Kier alpha value is -3.61. The van der Waals surface area contributed by atoms with E-state index in [-0.39, 0.29) is 12.6 Å². The monoisotopic (exact) mass is 382 g/mol. The summed E-state index contributed by atoms with van der Waals surface area (Å²) in [5, 5.41) is 9.06. The van der Waals surface area contributed by atoms with Gasteiger partial charge < -0.3 is 9.84 Å². The number of allylic oxidation sites excluding steroid dienone is 1. The lowest BCUT2D eigenvalue weighted by Crippen LogP contribution is -2.00. The number of aliphatic hydroxyl groups excluding tert-OH is 1. The molecule has 0 aliphatic carbocycles. The molecule has 0 aromatic heterocycles. The quantitative estimate of drug-likeness (QED) is 0.512. The summed E-state index contributed by atoms with van der Waals surface area (Å²) in [5.74, 6) is 5.75. The van der Waals surface area contributed by atoms with Crippen LogP contribution in [-0.4, -0.2) is 24.8 Å². The van der Waals surface area contributed by atoms with Crippen LogP contribution in [0.15, 0.2) is 78.9 Å². The van der Waals surface area contributed by atoms with Gasteiger partial charge in [0.1, 0.15) is 0 Å². The fourth-order valence-electron chi connectivity index (χ4n) is 2.95. The van der Waals surface area contributed by atoms with Crippen LogP contribution in [0.5, 0.6) is 0 Å². The Morgan fingerprint density at radius 1 is 1.00 bits per heavy atom. The highest BCUT2D eigenvalue weighted by atomic mass is 16.5. The van der Waals surface area contributed by atoms with Gasteiger partial charge in [-0.15, -0.1) is 0 Å². The number of hydrogen-bond acceptors (Lipinski definition) is 3. The number of carbonyl (C=O) groups is 1. The largest absolute Gasteiger partial charge is 0.465 e. The Balaban J connectivity index is 1.75. The lowest BCUT2D eigenvalue weighted by atomic mass is 9.98. The van der Waals surface area contributed by atoms with Crippen LogP contribution in [0.1, 0.15) is 27.0 Å². The number of aliphatic hydroxyl groups is 1. The van der Waals surface area contributed by atoms with E-state index >= 15 is 0 Å². The maximum atomic E-state index is 11.5. The van der Waals surface area contributed by atoms with Gasteiger partial charge >= 0.3 is 5.97 Å². The zero-order valence-corrected chi connectivity index (χ0v) is 16.3. The van der Waals surface area contributed by atoms with Crippen molar-refractivity contribution in [1.82, 2.24) is 0 Å². The molecular formula is C26H22O3. The molecule has 3 rings (SSSR count). The predicted molar refractivity (Wildman–Crippen MR) is 116 cm³/mol. The Labute approximate surface area is 171 Å². The summed E-state index contributed by atoms with van der Waals surface area (Å²) in [4.78, 5) is 11.5. The van der Waals surface area contributed by atoms with Gasteiger partial charge in [0.15, 0.2) is 0 Å². The molecular weight excluding hydrogens is 360 g/mol. The third-order valence-corrected chi connectivity index (χ3v) is 4.49. The zero-order valence-electron chi connectivity index (χ0n) is 16.3. The molecule has 0 unspecified atom stereocenters. The van der Waals surface area contributed by atoms with Gasteiger partial charge in [0.05, 0.1) is 12.7 Å². The second-order valence-corrected chi connectivity index (χ2v) is 6.43. The summed E-state index contributed by atoms with van der Waals surface area (Å²) in [5.41, 5.74) is 5.79. The summed E-state index contributed by atoms with van der Waals surface area (Å²) in [7, 11) is 1.36. The van der Waals surface area contributed by atoms with Crippen molar-refractivity contribution in [1.29, 1.82) is 0 Å². The summed E-state index contributed by atoms with van der Waals surface area (Å²) >= 11 is 0. The van der Waals surface area contributed by atoms with E-state index in [0.717, 1.165) is 27.8 Å². The summed E-state index contributed by atoms with van der Waals surface area (Å²) < 4.78 is 4.69. The van der Waals surface area contributed by atoms with Gasteiger partial charge in [-0.3, -0.25) is 0 Å². The second kappa shape index (κ2) is 10.1. The van der Waals surface area contributed by atoms with Gasteiger partial charge in [-0.05, 0) is 65.1 Å². The summed E-state index contributed by atoms with van der Waals surface area (Å²) in [6.45, 7) is 0.156. The smallest absolute Gasteiger partial charge is 0.337 e. The number of methoxy groups -OCH3 is 1. The van der Waals surface area contributed by atoms with E-state index in [4.69, 9.17) is 9.84 Å². The number of benzene rings is 3. The van der Waals surface area contributed by atoms with Crippen molar-refractivity contribution < 1.29 is 14.6 Å². The van der Waals surface area contributed by atoms with Crippen LogP contribution >= 0.6 is 0 Å². The molecule has 0 atom stereocenters. The number of hydrogen-bond donors (Lipinski definition) is 1. The molecule has 0 saturated carbocycles. The van der Waals surface area contributed by atoms with Crippen LogP contribution in [0.3, 0.4) is 0 Å². The van der Waals surface area contributed by atoms with Crippen molar-refractivity contribution >= 4 is 12.0 Å². The number of carbonyl (C=O) groups excluding carboxylic acids is 1. The molecule has 0 aliphatic heterocycles. The third kappa shape index (κ3) is 5.44. The van der Waals surface area contributed by atoms with E-state index in [9.17, 15) is 4.79 Å². The molecule has 3 aromatic rings. The first kappa shape index (κ1) is 20.1. The molecule has 3 aromatic carbocycles. The molecule has 0 aliphatic rings. The molecule has 0 bridgehead atoms. The summed E-state index contributed by atoms with van der Waals surface area (Å²) in [6.07, 6.45) is 4.48. The number of ether oxygens (including phenoxy) is 1. The van der Waals surface area contributed by atoms with Gasteiger partial charge in [0.25, 0.3) is 0 Å². The molecule has 0 radical (unpaired) electrons. The molecule has 3 nitrogen and oxygen atoms in total. The summed E-state index contributed by atoms with van der Waals surface area (Å²) in [6, 6.07) is 23.4. The molecule has 0 spiro atoms. The van der Waals surface area contributed by atoms with Gasteiger partial charge in [0, 0.05) is 12.2 Å². The Bertz CT molecular complexity index is 1050. The normalized spacial score (nSPS) is 10.4. The Morgan fingerprint density at radius 3 is 2.41 bits per heavy atom. The maximum absolute atomic E-state index is 11.5. The zero-order chi connectivity index (χ0) is 20.5. The highest BCUT2D eigenvalue weighted by molar-refractivity contribution is 5.89. The number of esters is 1. The fourth-order valence-corrected chi connectivity index (χ4v) is 2.95. The first-order valence-corrected chi connectivity index (χ1v) is 9.37. The highest BCUT2D eigenvalue weighted by Crippen LogP contribution is 2.25. The minimum atomic E-state index is -0.356. The fraction of sp³-hybridized carbons (Fsp3) is 0.115. The van der Waals surface area contributed by atoms with E-state index in [1.54, 1.807) is 24.3 Å². The van der Waals surface area contributed by atoms with Crippen LogP contribution in [0, 0.1) is 11.8 Å². The highest BCUT2D eigenvalue weighted by Gasteiger charge is 2.03. The topological polar surface area (TPSA) is 46.5 Å². The molecule has 29 heavy (non-hydrogen) atoms. The maximum Gasteiger partial charge on any atom is 0.337 e. The number of rotatable bonds is 5. The minimum absolute atomic E-state index is 0.156. The van der Waals surface area contributed by atoms with Crippen LogP contribution in [0.2, 0.25) is 0 Å². The lowest BCUT2D eigenvalue weighted by Gasteiger charge is -2.07. The van der Waals surface area contributed by atoms with Crippen LogP contribution in [0.4, 0.5) is 0 Å². The standard InChI is InChI=1S/C26H22O3/c1-29-26(28)24-16-12-20(13-17-24)6-2-3-7-22-8-4-5-9-25(22)23-14-10-21(11-15-23)18-19-27/h3-5,7-17,27H,18-19H2,1H3/b7-3+. The van der Waals surface area contributed by atoms with Crippen molar-refractivity contribution in [2.75, 3.05) is 13.7 Å². The van der Waals surface area contributed by atoms with Crippen molar-refractivity contribution in [3.8, 4) is 23.0 Å². The van der Waals surface area contributed by atoms with Crippen molar-refractivity contribution in [2.24, 2.45) is 0 Å². The SMILES string of the molecule is COC(=O)c1ccc(C#C/C=C/c2ccccc2-c2ccc(CCO)cc2)cc1. The molecule has 1 N–H and O–H groups in total. The van der Waals surface area contributed by atoms with E-state index < -0.39 is 0 Å².